The van der Waals surface area contributed by atoms with Gasteiger partial charge in [0.15, 0.2) is 12.4 Å². The maximum Gasteiger partial charge on any atom is 0.418 e. The van der Waals surface area contributed by atoms with E-state index in [0.29, 0.717) is 5.75 Å². The number of anilines is 2. The Balaban J connectivity index is 1.74. The number of hydrogen-bond acceptors (Lipinski definition) is 4. The van der Waals surface area contributed by atoms with E-state index in [4.69, 9.17) is 9.15 Å². The number of para-hydroxylation sites is 1. The van der Waals surface area contributed by atoms with Gasteiger partial charge in [0.25, 0.3) is 11.8 Å². The average molecular weight is 432 g/mol. The van der Waals surface area contributed by atoms with E-state index in [1.54, 1.807) is 26.0 Å². The van der Waals surface area contributed by atoms with Gasteiger partial charge in [-0.1, -0.05) is 18.2 Å². The molecule has 0 aliphatic carbocycles. The molecule has 0 atom stereocenters. The van der Waals surface area contributed by atoms with Crippen molar-refractivity contribution in [2.75, 3.05) is 17.2 Å². The number of carbonyl (C=O) groups is 2. The summed E-state index contributed by atoms with van der Waals surface area (Å²) in [5.41, 5.74) is -0.0388. The summed E-state index contributed by atoms with van der Waals surface area (Å²) in [7, 11) is 0. The lowest BCUT2D eigenvalue weighted by Gasteiger charge is -2.16. The van der Waals surface area contributed by atoms with E-state index in [2.05, 4.69) is 10.6 Å². The van der Waals surface area contributed by atoms with Crippen molar-refractivity contribution in [1.82, 2.24) is 0 Å². The van der Waals surface area contributed by atoms with Gasteiger partial charge < -0.3 is 19.8 Å². The van der Waals surface area contributed by atoms with Crippen LogP contribution in [0.1, 0.15) is 27.2 Å². The van der Waals surface area contributed by atoms with Crippen molar-refractivity contribution in [2.45, 2.75) is 20.0 Å². The Morgan fingerprint density at radius 1 is 1.00 bits per heavy atom. The van der Waals surface area contributed by atoms with Gasteiger partial charge in [-0.3, -0.25) is 9.59 Å². The summed E-state index contributed by atoms with van der Waals surface area (Å²) in [5, 5.41) is 4.55. The van der Waals surface area contributed by atoms with Crippen molar-refractivity contribution in [3.63, 3.8) is 0 Å². The van der Waals surface area contributed by atoms with Crippen LogP contribution in [0.3, 0.4) is 0 Å². The van der Waals surface area contributed by atoms with Crippen molar-refractivity contribution < 1.29 is 31.9 Å². The molecule has 2 N–H and O–H groups in total. The van der Waals surface area contributed by atoms with Crippen LogP contribution in [0.5, 0.6) is 5.75 Å². The molecule has 0 unspecified atom stereocenters. The second kappa shape index (κ2) is 8.95. The number of furan rings is 1. The molecular weight excluding hydrogens is 413 g/mol. The zero-order chi connectivity index (χ0) is 22.6. The lowest BCUT2D eigenvalue weighted by Crippen LogP contribution is -2.23. The van der Waals surface area contributed by atoms with Crippen LogP contribution in [0.25, 0.3) is 0 Å². The van der Waals surface area contributed by atoms with Gasteiger partial charge in [0.05, 0.1) is 17.5 Å². The van der Waals surface area contributed by atoms with Gasteiger partial charge in [0.2, 0.25) is 0 Å². The van der Waals surface area contributed by atoms with Gasteiger partial charge in [-0.25, -0.2) is 0 Å². The molecule has 2 aromatic carbocycles. The molecule has 1 heterocycles. The number of ether oxygens (including phenoxy) is 1. The molecular formula is C22H19F3N2O4. The SMILES string of the molecule is Cc1cccc(C)c1OCC(=O)Nc1ccc(NC(=O)c2ccco2)cc1C(F)(F)F. The zero-order valence-electron chi connectivity index (χ0n) is 16.7. The van der Waals surface area contributed by atoms with Crippen LogP contribution >= 0.6 is 0 Å². The Morgan fingerprint density at radius 2 is 1.71 bits per heavy atom. The number of hydrogen-bond donors (Lipinski definition) is 2. The molecule has 0 spiro atoms. The minimum atomic E-state index is -4.76. The highest BCUT2D eigenvalue weighted by atomic mass is 19.4. The third kappa shape index (κ3) is 5.44. The van der Waals surface area contributed by atoms with Crippen molar-refractivity contribution in [2.24, 2.45) is 0 Å². The minimum absolute atomic E-state index is 0.0467. The Bertz CT molecular complexity index is 1070. The predicted molar refractivity (Wildman–Crippen MR) is 108 cm³/mol. The molecule has 3 rings (SSSR count). The quantitative estimate of drug-likeness (QED) is 0.562. The Labute approximate surface area is 176 Å². The molecule has 162 valence electrons. The number of benzene rings is 2. The van der Waals surface area contributed by atoms with Crippen LogP contribution in [-0.4, -0.2) is 18.4 Å². The molecule has 0 aliphatic rings. The Morgan fingerprint density at radius 3 is 2.32 bits per heavy atom. The van der Waals surface area contributed by atoms with E-state index < -0.39 is 35.8 Å². The largest absolute Gasteiger partial charge is 0.483 e. The molecule has 0 aliphatic heterocycles. The first-order valence-electron chi connectivity index (χ1n) is 9.20. The standard InChI is InChI=1S/C22H19F3N2O4/c1-13-5-3-6-14(2)20(13)31-12-19(28)27-17-9-8-15(11-16(17)22(23,24)25)26-21(29)18-7-4-10-30-18/h3-11H,12H2,1-2H3,(H,26,29)(H,27,28). The number of halogens is 3. The second-order valence-electron chi connectivity index (χ2n) is 6.75. The van der Waals surface area contributed by atoms with Gasteiger partial charge in [0, 0.05) is 5.69 Å². The zero-order valence-corrected chi connectivity index (χ0v) is 16.7. The predicted octanol–water partition coefficient (Wildman–Crippen LogP) is 5.19. The van der Waals surface area contributed by atoms with Gasteiger partial charge in [-0.2, -0.15) is 13.2 Å². The molecule has 3 aromatic rings. The molecule has 0 bridgehead atoms. The summed E-state index contributed by atoms with van der Waals surface area (Å²) in [6.45, 7) is 3.15. The van der Waals surface area contributed by atoms with E-state index in [1.807, 2.05) is 6.07 Å². The van der Waals surface area contributed by atoms with Crippen molar-refractivity contribution in [3.05, 3.63) is 77.2 Å². The van der Waals surface area contributed by atoms with Crippen LogP contribution in [-0.2, 0) is 11.0 Å². The monoisotopic (exact) mass is 432 g/mol. The molecule has 0 saturated heterocycles. The highest BCUT2D eigenvalue weighted by Crippen LogP contribution is 2.36. The summed E-state index contributed by atoms with van der Waals surface area (Å²) in [6.07, 6.45) is -3.49. The summed E-state index contributed by atoms with van der Waals surface area (Å²) >= 11 is 0. The number of nitrogens with one attached hydrogen (secondary N) is 2. The van der Waals surface area contributed by atoms with Crippen LogP contribution in [0.15, 0.2) is 59.2 Å². The van der Waals surface area contributed by atoms with E-state index in [1.165, 1.54) is 24.5 Å². The first-order valence-corrected chi connectivity index (χ1v) is 9.20. The highest BCUT2D eigenvalue weighted by Gasteiger charge is 2.34. The molecule has 0 radical (unpaired) electrons. The summed E-state index contributed by atoms with van der Waals surface area (Å²) in [6, 6.07) is 11.4. The summed E-state index contributed by atoms with van der Waals surface area (Å²) in [5.74, 6) is -0.989. The number of rotatable bonds is 6. The van der Waals surface area contributed by atoms with Gasteiger partial charge >= 0.3 is 6.18 Å². The van der Waals surface area contributed by atoms with Crippen LogP contribution < -0.4 is 15.4 Å². The van der Waals surface area contributed by atoms with E-state index in [-0.39, 0.29) is 11.4 Å². The molecule has 9 heteroatoms. The number of amides is 2. The van der Waals surface area contributed by atoms with Crippen LogP contribution in [0.4, 0.5) is 24.5 Å². The topological polar surface area (TPSA) is 80.6 Å². The maximum atomic E-state index is 13.5. The van der Waals surface area contributed by atoms with Crippen molar-refractivity contribution in [1.29, 1.82) is 0 Å². The fourth-order valence-corrected chi connectivity index (χ4v) is 2.92. The average Bonchev–Trinajstić information content (AvgIpc) is 3.23. The van der Waals surface area contributed by atoms with Gasteiger partial charge in [-0.15, -0.1) is 0 Å². The highest BCUT2D eigenvalue weighted by molar-refractivity contribution is 6.02. The lowest BCUT2D eigenvalue weighted by atomic mass is 10.1. The van der Waals surface area contributed by atoms with E-state index in [9.17, 15) is 22.8 Å². The maximum absolute atomic E-state index is 13.5. The van der Waals surface area contributed by atoms with Gasteiger partial charge in [-0.05, 0) is 55.3 Å². The van der Waals surface area contributed by atoms with Crippen LogP contribution in [0, 0.1) is 13.8 Å². The lowest BCUT2D eigenvalue weighted by molar-refractivity contribution is -0.137. The summed E-state index contributed by atoms with van der Waals surface area (Å²) in [4.78, 5) is 24.2. The fraction of sp³-hybridized carbons (Fsp3) is 0.182. The normalized spacial score (nSPS) is 11.1. The number of alkyl halides is 3. The fourth-order valence-electron chi connectivity index (χ4n) is 2.92. The number of aryl methyl sites for hydroxylation is 2. The Kier molecular flexibility index (Phi) is 6.33. The molecule has 0 fully saturated rings. The minimum Gasteiger partial charge on any atom is -0.483 e. The second-order valence-corrected chi connectivity index (χ2v) is 6.75. The van der Waals surface area contributed by atoms with Crippen LogP contribution in [0.2, 0.25) is 0 Å². The molecule has 31 heavy (non-hydrogen) atoms. The molecule has 6 nitrogen and oxygen atoms in total. The van der Waals surface area contributed by atoms with E-state index >= 15 is 0 Å². The third-order valence-corrected chi connectivity index (χ3v) is 4.36. The van der Waals surface area contributed by atoms with Gasteiger partial charge in [0.1, 0.15) is 5.75 Å². The molecule has 0 saturated carbocycles. The third-order valence-electron chi connectivity index (χ3n) is 4.36. The molecule has 1 aromatic heterocycles. The number of carbonyl (C=O) groups excluding carboxylic acids is 2. The van der Waals surface area contributed by atoms with Crippen molar-refractivity contribution >= 4 is 23.2 Å². The smallest absolute Gasteiger partial charge is 0.418 e. The Hall–Kier alpha value is -3.75. The molecule has 2 amide bonds. The first-order chi connectivity index (χ1) is 14.6. The first kappa shape index (κ1) is 21.9. The van der Waals surface area contributed by atoms with E-state index in [0.717, 1.165) is 23.3 Å². The van der Waals surface area contributed by atoms with Crippen molar-refractivity contribution in [3.8, 4) is 5.75 Å². The summed E-state index contributed by atoms with van der Waals surface area (Å²) < 4.78 is 51.0.